The van der Waals surface area contributed by atoms with Crippen LogP contribution in [0, 0.1) is 0 Å². The van der Waals surface area contributed by atoms with Gasteiger partial charge in [-0.1, -0.05) is 23.8 Å². The van der Waals surface area contributed by atoms with E-state index in [1.165, 1.54) is 12.0 Å². The Hall–Kier alpha value is -1.14. The second-order valence-electron chi connectivity index (χ2n) is 6.39. The predicted octanol–water partition coefficient (Wildman–Crippen LogP) is 2.94. The summed E-state index contributed by atoms with van der Waals surface area (Å²) in [6, 6.07) is 0.206. The predicted molar refractivity (Wildman–Crippen MR) is 94.8 cm³/mol. The van der Waals surface area contributed by atoms with E-state index >= 15 is 0 Å². The summed E-state index contributed by atoms with van der Waals surface area (Å²) in [5, 5.41) is 3.32. The molecule has 0 spiro atoms. The zero-order valence-electron chi connectivity index (χ0n) is 15.0. The largest absolute Gasteiger partial charge is 0.382 e. The summed E-state index contributed by atoms with van der Waals surface area (Å²) in [5.74, 6) is 0. The van der Waals surface area contributed by atoms with E-state index in [1.54, 1.807) is 0 Å². The van der Waals surface area contributed by atoms with Crippen LogP contribution in [0.5, 0.6) is 0 Å². The van der Waals surface area contributed by atoms with Crippen LogP contribution >= 0.6 is 0 Å². The van der Waals surface area contributed by atoms with Gasteiger partial charge in [0.15, 0.2) is 6.29 Å². The van der Waals surface area contributed by atoms with Gasteiger partial charge in [-0.3, -0.25) is 0 Å². The summed E-state index contributed by atoms with van der Waals surface area (Å²) < 4.78 is 22.4. The van der Waals surface area contributed by atoms with Crippen molar-refractivity contribution in [3.05, 3.63) is 35.6 Å². The van der Waals surface area contributed by atoms with Crippen LogP contribution < -0.4 is 5.32 Å². The van der Waals surface area contributed by atoms with Crippen molar-refractivity contribution in [2.24, 2.45) is 0 Å². The second kappa shape index (κ2) is 11.4. The SMILES string of the molecule is CC(C)=CCOCC1=CNC(COCCOC2CCCCO2)C=C1. The molecular weight excluding hydrogens is 306 g/mol. The fraction of sp³-hybridized carbons (Fsp3) is 0.684. The van der Waals surface area contributed by atoms with Crippen molar-refractivity contribution in [1.82, 2.24) is 5.32 Å². The molecule has 0 aliphatic carbocycles. The van der Waals surface area contributed by atoms with Crippen molar-refractivity contribution in [3.63, 3.8) is 0 Å². The minimum absolute atomic E-state index is 0.0353. The smallest absolute Gasteiger partial charge is 0.157 e. The average Bonchev–Trinajstić information content (AvgIpc) is 2.60. The number of allylic oxidation sites excluding steroid dienone is 1. The molecule has 0 aromatic carbocycles. The summed E-state index contributed by atoms with van der Waals surface area (Å²) in [4.78, 5) is 0. The molecular formula is C19H31NO4. The number of ether oxygens (including phenoxy) is 4. The third kappa shape index (κ3) is 8.11. The van der Waals surface area contributed by atoms with Crippen LogP contribution in [0.15, 0.2) is 35.6 Å². The molecule has 5 nitrogen and oxygen atoms in total. The molecule has 2 unspecified atom stereocenters. The second-order valence-corrected chi connectivity index (χ2v) is 6.39. The third-order valence-corrected chi connectivity index (χ3v) is 3.87. The number of rotatable bonds is 10. The van der Waals surface area contributed by atoms with Crippen LogP contribution in [-0.2, 0) is 18.9 Å². The highest BCUT2D eigenvalue weighted by atomic mass is 16.7. The molecule has 2 rings (SSSR count). The van der Waals surface area contributed by atoms with Gasteiger partial charge < -0.3 is 24.3 Å². The quantitative estimate of drug-likeness (QED) is 0.491. The first-order valence-electron chi connectivity index (χ1n) is 8.89. The van der Waals surface area contributed by atoms with E-state index in [4.69, 9.17) is 18.9 Å². The van der Waals surface area contributed by atoms with E-state index < -0.39 is 0 Å². The molecule has 2 atom stereocenters. The highest BCUT2D eigenvalue weighted by molar-refractivity contribution is 5.24. The molecule has 1 saturated heterocycles. The lowest BCUT2D eigenvalue weighted by Gasteiger charge is -2.23. The van der Waals surface area contributed by atoms with Gasteiger partial charge in [0, 0.05) is 12.8 Å². The Bertz CT molecular complexity index is 435. The Morgan fingerprint density at radius 3 is 2.92 bits per heavy atom. The molecule has 2 aliphatic heterocycles. The van der Waals surface area contributed by atoms with E-state index in [0.29, 0.717) is 33.0 Å². The van der Waals surface area contributed by atoms with Crippen LogP contribution in [0.25, 0.3) is 0 Å². The van der Waals surface area contributed by atoms with E-state index in [1.807, 2.05) is 6.20 Å². The summed E-state index contributed by atoms with van der Waals surface area (Å²) in [6.07, 6.45) is 11.6. The van der Waals surface area contributed by atoms with Gasteiger partial charge in [-0.15, -0.1) is 0 Å². The lowest BCUT2D eigenvalue weighted by molar-refractivity contribution is -0.169. The molecule has 1 fully saturated rings. The fourth-order valence-corrected chi connectivity index (χ4v) is 2.44. The monoisotopic (exact) mass is 337 g/mol. The highest BCUT2D eigenvalue weighted by Gasteiger charge is 2.13. The van der Waals surface area contributed by atoms with Crippen LogP contribution in [0.3, 0.4) is 0 Å². The maximum absolute atomic E-state index is 5.66. The van der Waals surface area contributed by atoms with Gasteiger partial charge in [0.2, 0.25) is 0 Å². The Balaban J connectivity index is 1.48. The molecule has 0 bridgehead atoms. The zero-order chi connectivity index (χ0) is 17.0. The van der Waals surface area contributed by atoms with Crippen LogP contribution in [0.4, 0.5) is 0 Å². The van der Waals surface area contributed by atoms with Crippen LogP contribution in [-0.4, -0.2) is 52.0 Å². The molecule has 1 N–H and O–H groups in total. The van der Waals surface area contributed by atoms with Crippen molar-refractivity contribution >= 4 is 0 Å². The third-order valence-electron chi connectivity index (χ3n) is 3.87. The van der Waals surface area contributed by atoms with Gasteiger partial charge in [0.05, 0.1) is 39.1 Å². The maximum atomic E-state index is 5.66. The lowest BCUT2D eigenvalue weighted by atomic mass is 10.1. The number of hydrogen-bond acceptors (Lipinski definition) is 5. The van der Waals surface area contributed by atoms with Gasteiger partial charge in [0.25, 0.3) is 0 Å². The summed E-state index contributed by atoms with van der Waals surface area (Å²) in [7, 11) is 0. The van der Waals surface area contributed by atoms with E-state index in [9.17, 15) is 0 Å². The Labute approximate surface area is 145 Å². The Morgan fingerprint density at radius 1 is 1.29 bits per heavy atom. The molecule has 2 heterocycles. The highest BCUT2D eigenvalue weighted by Crippen LogP contribution is 2.13. The summed E-state index contributed by atoms with van der Waals surface area (Å²) >= 11 is 0. The first-order chi connectivity index (χ1) is 11.7. The van der Waals surface area contributed by atoms with Crippen LogP contribution in [0.2, 0.25) is 0 Å². The van der Waals surface area contributed by atoms with E-state index in [0.717, 1.165) is 25.0 Å². The molecule has 5 heteroatoms. The molecule has 0 amide bonds. The van der Waals surface area contributed by atoms with Crippen molar-refractivity contribution in [2.45, 2.75) is 45.4 Å². The molecule has 0 aromatic rings. The van der Waals surface area contributed by atoms with Crippen molar-refractivity contribution in [1.29, 1.82) is 0 Å². The van der Waals surface area contributed by atoms with E-state index in [2.05, 4.69) is 37.4 Å². The van der Waals surface area contributed by atoms with Gasteiger partial charge in [-0.25, -0.2) is 0 Å². The molecule has 0 radical (unpaired) electrons. The molecule has 136 valence electrons. The normalized spacial score (nSPS) is 23.5. The van der Waals surface area contributed by atoms with Crippen molar-refractivity contribution in [2.75, 3.05) is 39.6 Å². The van der Waals surface area contributed by atoms with E-state index in [-0.39, 0.29) is 12.3 Å². The number of nitrogens with one attached hydrogen (secondary N) is 1. The van der Waals surface area contributed by atoms with Crippen molar-refractivity contribution < 1.29 is 18.9 Å². The molecule has 24 heavy (non-hydrogen) atoms. The first-order valence-corrected chi connectivity index (χ1v) is 8.89. The molecule has 2 aliphatic rings. The molecule has 0 saturated carbocycles. The average molecular weight is 337 g/mol. The summed E-state index contributed by atoms with van der Waals surface area (Å²) in [6.45, 7) is 8.05. The van der Waals surface area contributed by atoms with Crippen molar-refractivity contribution in [3.8, 4) is 0 Å². The minimum Gasteiger partial charge on any atom is -0.382 e. The fourth-order valence-electron chi connectivity index (χ4n) is 2.44. The minimum atomic E-state index is -0.0353. The van der Waals surface area contributed by atoms with Gasteiger partial charge in [0.1, 0.15) is 0 Å². The maximum Gasteiger partial charge on any atom is 0.157 e. The van der Waals surface area contributed by atoms with Gasteiger partial charge in [-0.05, 0) is 38.7 Å². The first kappa shape index (κ1) is 19.2. The van der Waals surface area contributed by atoms with Gasteiger partial charge in [-0.2, -0.15) is 0 Å². The topological polar surface area (TPSA) is 49.0 Å². The number of dihydropyridines is 1. The Kier molecular flexibility index (Phi) is 9.13. The standard InChI is InChI=1S/C19H31NO4/c1-16(2)8-10-21-14-17-6-7-18(20-13-17)15-22-11-12-24-19-5-3-4-9-23-19/h6-8,13,18-20H,3-5,9-12,14-15H2,1-2H3. The zero-order valence-corrected chi connectivity index (χ0v) is 15.0. The lowest BCUT2D eigenvalue weighted by Crippen LogP contribution is -2.31. The molecule has 0 aromatic heterocycles. The number of hydrogen-bond donors (Lipinski definition) is 1. The van der Waals surface area contributed by atoms with Crippen LogP contribution in [0.1, 0.15) is 33.1 Å². The summed E-state index contributed by atoms with van der Waals surface area (Å²) in [5.41, 5.74) is 2.42. The Morgan fingerprint density at radius 2 is 2.21 bits per heavy atom. The van der Waals surface area contributed by atoms with Gasteiger partial charge >= 0.3 is 0 Å².